The summed E-state index contributed by atoms with van der Waals surface area (Å²) in [5.41, 5.74) is 0.990. The van der Waals surface area contributed by atoms with E-state index in [0.29, 0.717) is 13.2 Å². The fourth-order valence-corrected chi connectivity index (χ4v) is 1.09. The van der Waals surface area contributed by atoms with E-state index in [9.17, 15) is 4.79 Å². The molecule has 0 bridgehead atoms. The highest BCUT2D eigenvalue weighted by molar-refractivity contribution is 5.73. The van der Waals surface area contributed by atoms with Crippen LogP contribution in [-0.2, 0) is 9.53 Å². The van der Waals surface area contributed by atoms with Crippen molar-refractivity contribution in [2.75, 3.05) is 13.2 Å². The number of carboxylic acids is 1. The first-order chi connectivity index (χ1) is 5.22. The molecule has 1 aliphatic heterocycles. The first-order valence-corrected chi connectivity index (χ1v) is 3.71. The van der Waals surface area contributed by atoms with Crippen molar-refractivity contribution in [3.63, 3.8) is 0 Å². The molecule has 1 unspecified atom stereocenters. The van der Waals surface area contributed by atoms with E-state index in [-0.39, 0.29) is 5.92 Å². The maximum atomic E-state index is 10.5. The average molecular weight is 156 g/mol. The van der Waals surface area contributed by atoms with E-state index in [1.54, 1.807) is 6.92 Å². The summed E-state index contributed by atoms with van der Waals surface area (Å²) in [5, 5.41) is 8.65. The van der Waals surface area contributed by atoms with Crippen LogP contribution < -0.4 is 0 Å². The summed E-state index contributed by atoms with van der Waals surface area (Å²) < 4.78 is 5.06. The maximum Gasteiger partial charge on any atom is 0.310 e. The minimum Gasteiger partial charge on any atom is -0.481 e. The van der Waals surface area contributed by atoms with Crippen LogP contribution >= 0.6 is 0 Å². The molecule has 0 spiro atoms. The summed E-state index contributed by atoms with van der Waals surface area (Å²) in [6.45, 7) is 2.93. The molecule has 1 heterocycles. The molecule has 0 aliphatic carbocycles. The second kappa shape index (κ2) is 3.53. The first kappa shape index (κ1) is 8.27. The summed E-state index contributed by atoms with van der Waals surface area (Å²) in [6, 6.07) is 0. The van der Waals surface area contributed by atoms with E-state index in [1.807, 2.05) is 6.08 Å². The molecule has 0 aromatic carbocycles. The number of hydrogen-bond acceptors (Lipinski definition) is 2. The minimum atomic E-state index is -0.752. The zero-order valence-electron chi connectivity index (χ0n) is 6.54. The van der Waals surface area contributed by atoms with Gasteiger partial charge in [-0.1, -0.05) is 11.6 Å². The van der Waals surface area contributed by atoms with Crippen LogP contribution in [0.1, 0.15) is 13.3 Å². The van der Waals surface area contributed by atoms with Crippen LogP contribution in [0.4, 0.5) is 0 Å². The number of carboxylic acid groups (broad SMARTS) is 1. The summed E-state index contributed by atoms with van der Waals surface area (Å²) in [7, 11) is 0. The zero-order chi connectivity index (χ0) is 8.27. The molecule has 0 radical (unpaired) electrons. The molecule has 0 fully saturated rings. The van der Waals surface area contributed by atoms with Crippen molar-refractivity contribution >= 4 is 5.97 Å². The monoisotopic (exact) mass is 156 g/mol. The lowest BCUT2D eigenvalue weighted by Crippen LogP contribution is -2.17. The van der Waals surface area contributed by atoms with Crippen molar-refractivity contribution in [1.29, 1.82) is 0 Å². The normalized spacial score (nSPS) is 20.6. The highest BCUT2D eigenvalue weighted by atomic mass is 16.5. The topological polar surface area (TPSA) is 46.5 Å². The molecule has 0 saturated carbocycles. The predicted octanol–water partition coefficient (Wildman–Crippen LogP) is 1.05. The molecule has 1 N–H and O–H groups in total. The smallest absolute Gasteiger partial charge is 0.310 e. The van der Waals surface area contributed by atoms with Crippen molar-refractivity contribution in [2.24, 2.45) is 5.92 Å². The predicted molar refractivity (Wildman–Crippen MR) is 40.3 cm³/mol. The van der Waals surface area contributed by atoms with Crippen LogP contribution in [0, 0.1) is 5.92 Å². The first-order valence-electron chi connectivity index (χ1n) is 3.71. The van der Waals surface area contributed by atoms with Gasteiger partial charge in [-0.15, -0.1) is 0 Å². The van der Waals surface area contributed by atoms with E-state index in [2.05, 4.69) is 0 Å². The summed E-state index contributed by atoms with van der Waals surface area (Å²) in [5.74, 6) is -1.10. The Morgan fingerprint density at radius 2 is 2.55 bits per heavy atom. The number of hydrogen-bond donors (Lipinski definition) is 1. The van der Waals surface area contributed by atoms with Crippen LogP contribution in [0.3, 0.4) is 0 Å². The van der Waals surface area contributed by atoms with E-state index in [0.717, 1.165) is 12.0 Å². The lowest BCUT2D eigenvalue weighted by atomic mass is 9.97. The van der Waals surface area contributed by atoms with Gasteiger partial charge in [0.05, 0.1) is 19.1 Å². The molecule has 62 valence electrons. The third-order valence-electron chi connectivity index (χ3n) is 1.93. The minimum absolute atomic E-state index is 0.348. The van der Waals surface area contributed by atoms with Crippen molar-refractivity contribution < 1.29 is 14.6 Å². The second-order valence-electron chi connectivity index (χ2n) is 2.66. The maximum absolute atomic E-state index is 10.5. The Morgan fingerprint density at radius 3 is 3.00 bits per heavy atom. The second-order valence-corrected chi connectivity index (χ2v) is 2.66. The van der Waals surface area contributed by atoms with Gasteiger partial charge in [0.25, 0.3) is 0 Å². The van der Waals surface area contributed by atoms with Crippen LogP contribution in [0.25, 0.3) is 0 Å². The van der Waals surface area contributed by atoms with Crippen molar-refractivity contribution in [2.45, 2.75) is 13.3 Å². The highest BCUT2D eigenvalue weighted by Gasteiger charge is 2.17. The van der Waals surface area contributed by atoms with E-state index < -0.39 is 5.97 Å². The van der Waals surface area contributed by atoms with Crippen molar-refractivity contribution in [1.82, 2.24) is 0 Å². The van der Waals surface area contributed by atoms with Gasteiger partial charge in [-0.2, -0.15) is 0 Å². The Hall–Kier alpha value is -0.830. The van der Waals surface area contributed by atoms with Gasteiger partial charge >= 0.3 is 5.97 Å². The Labute approximate surface area is 65.7 Å². The van der Waals surface area contributed by atoms with Crippen LogP contribution in [-0.4, -0.2) is 24.3 Å². The number of aliphatic carboxylic acids is 1. The number of ether oxygens (including phenoxy) is 1. The van der Waals surface area contributed by atoms with E-state index >= 15 is 0 Å². The average Bonchev–Trinajstić information content (AvgIpc) is 2.05. The lowest BCUT2D eigenvalue weighted by molar-refractivity contribution is -0.140. The molecule has 1 atom stereocenters. The molecule has 0 saturated heterocycles. The summed E-state index contributed by atoms with van der Waals surface area (Å²) in [4.78, 5) is 10.5. The van der Waals surface area contributed by atoms with Crippen LogP contribution in [0.2, 0.25) is 0 Å². The summed E-state index contributed by atoms with van der Waals surface area (Å²) >= 11 is 0. The highest BCUT2D eigenvalue weighted by Crippen LogP contribution is 2.17. The molecule has 3 nitrogen and oxygen atoms in total. The number of rotatable bonds is 2. The Balaban J connectivity index is 2.58. The Kier molecular flexibility index (Phi) is 2.65. The third-order valence-corrected chi connectivity index (χ3v) is 1.93. The van der Waals surface area contributed by atoms with E-state index in [1.165, 1.54) is 0 Å². The van der Waals surface area contributed by atoms with E-state index in [4.69, 9.17) is 9.84 Å². The standard InChI is InChI=1S/C8H12O3/c1-6(8(9)10)7-2-4-11-5-3-7/h2,6H,3-5H2,1H3,(H,9,10). The fraction of sp³-hybridized carbons (Fsp3) is 0.625. The number of carbonyl (C=O) groups is 1. The fourth-order valence-electron chi connectivity index (χ4n) is 1.09. The quantitative estimate of drug-likeness (QED) is 0.608. The van der Waals surface area contributed by atoms with Gasteiger partial charge in [0, 0.05) is 0 Å². The SMILES string of the molecule is CC(C(=O)O)C1=CCOCC1. The third kappa shape index (κ3) is 2.05. The van der Waals surface area contributed by atoms with Gasteiger partial charge in [0.15, 0.2) is 0 Å². The zero-order valence-corrected chi connectivity index (χ0v) is 6.54. The molecule has 1 rings (SSSR count). The van der Waals surface area contributed by atoms with Gasteiger partial charge < -0.3 is 9.84 Å². The Morgan fingerprint density at radius 1 is 1.82 bits per heavy atom. The molecular weight excluding hydrogens is 144 g/mol. The molecular formula is C8H12O3. The largest absolute Gasteiger partial charge is 0.481 e. The van der Waals surface area contributed by atoms with Gasteiger partial charge in [-0.05, 0) is 13.3 Å². The van der Waals surface area contributed by atoms with Crippen LogP contribution in [0.5, 0.6) is 0 Å². The molecule has 1 aliphatic rings. The Bertz CT molecular complexity index is 184. The molecule has 11 heavy (non-hydrogen) atoms. The molecule has 3 heteroatoms. The molecule has 0 aromatic heterocycles. The van der Waals surface area contributed by atoms with Crippen LogP contribution in [0.15, 0.2) is 11.6 Å². The van der Waals surface area contributed by atoms with Gasteiger partial charge in [-0.25, -0.2) is 0 Å². The van der Waals surface area contributed by atoms with Crippen molar-refractivity contribution in [3.05, 3.63) is 11.6 Å². The van der Waals surface area contributed by atoms with Gasteiger partial charge in [0.1, 0.15) is 0 Å². The lowest BCUT2D eigenvalue weighted by Gasteiger charge is -2.16. The van der Waals surface area contributed by atoms with Crippen molar-refractivity contribution in [3.8, 4) is 0 Å². The van der Waals surface area contributed by atoms with Gasteiger partial charge in [0.2, 0.25) is 0 Å². The summed E-state index contributed by atoms with van der Waals surface area (Å²) in [6.07, 6.45) is 2.62. The molecule has 0 aromatic rings. The molecule has 0 amide bonds. The van der Waals surface area contributed by atoms with Gasteiger partial charge in [-0.3, -0.25) is 4.79 Å².